The second kappa shape index (κ2) is 8.38. The first-order valence-electron chi connectivity index (χ1n) is 12.5. The van der Waals surface area contributed by atoms with E-state index in [1.807, 2.05) is 31.3 Å². The summed E-state index contributed by atoms with van der Waals surface area (Å²) in [6.45, 7) is 10.8. The lowest BCUT2D eigenvalue weighted by Crippen LogP contribution is -2.64. The van der Waals surface area contributed by atoms with Crippen LogP contribution < -0.4 is 11.1 Å². The van der Waals surface area contributed by atoms with Crippen LogP contribution in [0.15, 0.2) is 24.4 Å². The Morgan fingerprint density at radius 2 is 2.00 bits per heavy atom. The number of aromatic nitrogens is 6. The summed E-state index contributed by atoms with van der Waals surface area (Å²) in [5.74, 6) is 1.56. The molecule has 2 aliphatic rings. The molecule has 3 N–H and O–H groups in total. The molecule has 6 heterocycles. The van der Waals surface area contributed by atoms with Gasteiger partial charge in [-0.15, -0.1) is 5.10 Å². The van der Waals surface area contributed by atoms with E-state index in [2.05, 4.69) is 50.6 Å². The number of anilines is 2. The number of nitrogens with two attached hydrogens (primary N) is 1. The molecule has 11 heteroatoms. The quantitative estimate of drug-likeness (QED) is 0.436. The fourth-order valence-corrected chi connectivity index (χ4v) is 5.48. The summed E-state index contributed by atoms with van der Waals surface area (Å²) in [5, 5.41) is 7.77. The predicted octanol–water partition coefficient (Wildman–Crippen LogP) is 3.23. The van der Waals surface area contributed by atoms with Gasteiger partial charge in [0.05, 0.1) is 30.5 Å². The molecule has 2 saturated heterocycles. The Morgan fingerprint density at radius 1 is 1.19 bits per heavy atom. The molecular weight excluding hydrogens is 461 g/mol. The van der Waals surface area contributed by atoms with E-state index in [0.29, 0.717) is 43.5 Å². The van der Waals surface area contributed by atoms with Crippen molar-refractivity contribution >= 4 is 28.4 Å². The van der Waals surface area contributed by atoms with Gasteiger partial charge in [-0.3, -0.25) is 4.90 Å². The minimum atomic E-state index is -1.04. The van der Waals surface area contributed by atoms with Crippen LogP contribution in [0, 0.1) is 6.92 Å². The summed E-state index contributed by atoms with van der Waals surface area (Å²) in [6, 6.07) is 5.71. The van der Waals surface area contributed by atoms with Crippen LogP contribution in [0.4, 0.5) is 16.2 Å². The number of hydrogen-bond acceptors (Lipinski definition) is 8. The van der Waals surface area contributed by atoms with Crippen molar-refractivity contribution in [3.63, 3.8) is 0 Å². The van der Waals surface area contributed by atoms with Gasteiger partial charge in [-0.05, 0) is 52.3 Å². The van der Waals surface area contributed by atoms with Crippen LogP contribution in [-0.2, 0) is 4.74 Å². The van der Waals surface area contributed by atoms with E-state index in [4.69, 9.17) is 15.5 Å². The monoisotopic (exact) mass is 493 g/mol. The van der Waals surface area contributed by atoms with Crippen LogP contribution in [0.2, 0.25) is 0 Å². The number of fused-ring (bicyclic) bond motifs is 2. The third kappa shape index (κ3) is 3.68. The number of imidazole rings is 1. The van der Waals surface area contributed by atoms with E-state index in [1.54, 1.807) is 4.52 Å². The number of halogens is 1. The van der Waals surface area contributed by atoms with Gasteiger partial charge in [0.2, 0.25) is 5.95 Å². The van der Waals surface area contributed by atoms with Crippen LogP contribution in [-0.4, -0.2) is 78.1 Å². The van der Waals surface area contributed by atoms with Gasteiger partial charge in [0.15, 0.2) is 11.5 Å². The van der Waals surface area contributed by atoms with Crippen molar-refractivity contribution in [2.24, 2.45) is 0 Å². The first-order chi connectivity index (χ1) is 17.2. The zero-order chi connectivity index (χ0) is 25.2. The van der Waals surface area contributed by atoms with Gasteiger partial charge in [0.25, 0.3) is 0 Å². The molecule has 0 radical (unpaired) electrons. The van der Waals surface area contributed by atoms with Gasteiger partial charge in [-0.2, -0.15) is 4.98 Å². The number of nitrogens with one attached hydrogen (secondary N) is 1. The topological polar surface area (TPSA) is 111 Å². The van der Waals surface area contributed by atoms with Gasteiger partial charge in [0, 0.05) is 30.9 Å². The average Bonchev–Trinajstić information content (AvgIpc) is 3.38. The number of pyridine rings is 1. The van der Waals surface area contributed by atoms with E-state index in [1.165, 1.54) is 0 Å². The van der Waals surface area contributed by atoms with Crippen molar-refractivity contribution in [2.45, 2.75) is 57.9 Å². The van der Waals surface area contributed by atoms with Crippen molar-refractivity contribution in [2.75, 3.05) is 37.4 Å². The SMILES string of the molecule is Cc1nc2ccc(-c3ccn4nc(N[C@H]5CCN(C6(C)COC6)C[C@H]5F)nc(N)c34)nc2n1C(C)C. The highest BCUT2D eigenvalue weighted by molar-refractivity contribution is 5.88. The largest absolute Gasteiger partial charge is 0.382 e. The van der Waals surface area contributed by atoms with E-state index in [0.717, 1.165) is 34.8 Å². The van der Waals surface area contributed by atoms with Gasteiger partial charge >= 0.3 is 0 Å². The van der Waals surface area contributed by atoms with Crippen molar-refractivity contribution in [1.29, 1.82) is 0 Å². The van der Waals surface area contributed by atoms with Crippen LogP contribution >= 0.6 is 0 Å². The van der Waals surface area contributed by atoms with Crippen LogP contribution in [0.1, 0.15) is 39.1 Å². The summed E-state index contributed by atoms with van der Waals surface area (Å²) in [7, 11) is 0. The number of nitrogen functional groups attached to an aromatic ring is 1. The summed E-state index contributed by atoms with van der Waals surface area (Å²) >= 11 is 0. The molecule has 2 aliphatic heterocycles. The summed E-state index contributed by atoms with van der Waals surface area (Å²) in [4.78, 5) is 16.2. The number of piperidine rings is 1. The molecule has 4 aromatic rings. The Morgan fingerprint density at radius 3 is 2.69 bits per heavy atom. The molecule has 0 bridgehead atoms. The molecule has 36 heavy (non-hydrogen) atoms. The number of rotatable bonds is 5. The van der Waals surface area contributed by atoms with Gasteiger partial charge in [-0.1, -0.05) is 0 Å². The smallest absolute Gasteiger partial charge is 0.243 e. The maximum atomic E-state index is 15.1. The molecule has 2 fully saturated rings. The fraction of sp³-hybridized carbons (Fsp3) is 0.520. The molecule has 4 aromatic heterocycles. The van der Waals surface area contributed by atoms with Crippen molar-refractivity contribution in [3.05, 3.63) is 30.2 Å². The van der Waals surface area contributed by atoms with E-state index in [-0.39, 0.29) is 17.6 Å². The number of ether oxygens (including phenoxy) is 1. The van der Waals surface area contributed by atoms with Crippen LogP contribution in [0.3, 0.4) is 0 Å². The maximum absolute atomic E-state index is 15.1. The highest BCUT2D eigenvalue weighted by Gasteiger charge is 2.43. The number of nitrogens with zero attached hydrogens (tertiary/aromatic N) is 7. The zero-order valence-electron chi connectivity index (χ0n) is 21.1. The number of hydrogen-bond donors (Lipinski definition) is 2. The molecule has 0 aromatic carbocycles. The Labute approximate surface area is 208 Å². The predicted molar refractivity (Wildman–Crippen MR) is 137 cm³/mol. The Bertz CT molecular complexity index is 1440. The molecule has 6 rings (SSSR count). The van der Waals surface area contributed by atoms with Crippen molar-refractivity contribution in [1.82, 2.24) is 34.0 Å². The highest BCUT2D eigenvalue weighted by Crippen LogP contribution is 2.32. The second-order valence-electron chi connectivity index (χ2n) is 10.5. The lowest BCUT2D eigenvalue weighted by Gasteiger charge is -2.50. The molecule has 0 saturated carbocycles. The number of likely N-dealkylation sites (tertiary alicyclic amines) is 1. The molecule has 190 valence electrons. The molecule has 0 unspecified atom stereocenters. The zero-order valence-corrected chi connectivity index (χ0v) is 21.1. The first-order valence-corrected chi connectivity index (χ1v) is 12.5. The second-order valence-corrected chi connectivity index (χ2v) is 10.5. The van der Waals surface area contributed by atoms with Gasteiger partial charge in [0.1, 0.15) is 23.0 Å². The molecule has 10 nitrogen and oxygen atoms in total. The summed E-state index contributed by atoms with van der Waals surface area (Å²) in [6.07, 6.45) is 1.45. The van der Waals surface area contributed by atoms with Crippen molar-refractivity contribution < 1.29 is 9.13 Å². The van der Waals surface area contributed by atoms with Gasteiger partial charge < -0.3 is 20.4 Å². The third-order valence-electron chi connectivity index (χ3n) is 7.49. The molecule has 0 amide bonds. The Balaban J connectivity index is 1.27. The third-order valence-corrected chi connectivity index (χ3v) is 7.49. The normalized spacial score (nSPS) is 22.4. The minimum absolute atomic E-state index is 0.0562. The molecule has 2 atom stereocenters. The lowest BCUT2D eigenvalue weighted by molar-refractivity contribution is -0.142. The van der Waals surface area contributed by atoms with E-state index in [9.17, 15) is 0 Å². The Hall–Kier alpha value is -3.31. The van der Waals surface area contributed by atoms with Crippen LogP contribution in [0.5, 0.6) is 0 Å². The number of aryl methyl sites for hydroxylation is 1. The Kier molecular flexibility index (Phi) is 5.38. The standard InChI is InChI=1S/C25H32FN9O/c1-14(2)35-15(3)28-20-6-5-18(29-23(20)35)16-7-10-34-21(16)22(27)31-24(32-34)30-19-8-9-33(11-17(19)26)25(4)12-36-13-25/h5-7,10,14,17,19H,8-9,11-13H2,1-4H3,(H3,27,30,31,32)/t17-,19+/m1/s1. The molecule has 0 spiro atoms. The summed E-state index contributed by atoms with van der Waals surface area (Å²) < 4.78 is 24.2. The van der Waals surface area contributed by atoms with E-state index < -0.39 is 6.17 Å². The maximum Gasteiger partial charge on any atom is 0.243 e. The highest BCUT2D eigenvalue weighted by atomic mass is 19.1. The van der Waals surface area contributed by atoms with Gasteiger partial charge in [-0.25, -0.2) is 18.9 Å². The van der Waals surface area contributed by atoms with Crippen molar-refractivity contribution in [3.8, 4) is 11.3 Å². The lowest BCUT2D eigenvalue weighted by atomic mass is 9.92. The minimum Gasteiger partial charge on any atom is -0.382 e. The average molecular weight is 494 g/mol. The van der Waals surface area contributed by atoms with E-state index >= 15 is 4.39 Å². The number of alkyl halides is 1. The van der Waals surface area contributed by atoms with Crippen LogP contribution in [0.25, 0.3) is 27.9 Å². The first kappa shape index (κ1) is 23.1. The summed E-state index contributed by atoms with van der Waals surface area (Å²) in [5.41, 5.74) is 10.3. The molecule has 0 aliphatic carbocycles. The molecular formula is C25H32FN9O. The fourth-order valence-electron chi connectivity index (χ4n) is 5.48.